The fourth-order valence-corrected chi connectivity index (χ4v) is 5.11. The fourth-order valence-electron chi connectivity index (χ4n) is 3.43. The fraction of sp³-hybridized carbons (Fsp3) is 0.538. The highest BCUT2D eigenvalue weighted by Crippen LogP contribution is 2.40. The molecule has 0 aliphatic rings. The summed E-state index contributed by atoms with van der Waals surface area (Å²) >= 11 is 6.53. The van der Waals surface area contributed by atoms with Crippen LogP contribution in [0.3, 0.4) is 0 Å². The van der Waals surface area contributed by atoms with Gasteiger partial charge in [0.25, 0.3) is 0 Å². The number of hydrogen-bond acceptors (Lipinski definition) is 4. The van der Waals surface area contributed by atoms with Gasteiger partial charge < -0.3 is 13.9 Å². The molecule has 196 valence electrons. The summed E-state index contributed by atoms with van der Waals surface area (Å²) in [7, 11) is -2.09. The Morgan fingerprint density at radius 3 is 2.17 bits per heavy atom. The topological polar surface area (TPSA) is 70.8 Å². The Kier molecular flexibility index (Phi) is 9.98. The molecule has 0 saturated heterocycles. The van der Waals surface area contributed by atoms with Crippen LogP contribution < -0.4 is 14.6 Å². The maximum absolute atomic E-state index is 14.6. The van der Waals surface area contributed by atoms with E-state index in [1.54, 1.807) is 31.4 Å². The van der Waals surface area contributed by atoms with Gasteiger partial charge in [0.2, 0.25) is 0 Å². The molecule has 0 heterocycles. The molecule has 1 unspecified atom stereocenters. The van der Waals surface area contributed by atoms with E-state index in [9.17, 15) is 8.60 Å². The van der Waals surface area contributed by atoms with Crippen molar-refractivity contribution < 1.29 is 22.5 Å². The molecule has 0 amide bonds. The predicted octanol–water partition coefficient (Wildman–Crippen LogP) is 6.96. The van der Waals surface area contributed by atoms with Crippen molar-refractivity contribution in [3.05, 3.63) is 58.4 Å². The molecular formula is C26H39ClFNO4SSi. The minimum Gasteiger partial charge on any atom is -0.497 e. The Hall–Kier alpha value is -1.45. The molecule has 5 nitrogen and oxygen atoms in total. The number of rotatable bonds is 11. The van der Waals surface area contributed by atoms with Gasteiger partial charge in [-0.1, -0.05) is 32.4 Å². The van der Waals surface area contributed by atoms with Crippen LogP contribution in [-0.4, -0.2) is 31.0 Å². The van der Waals surface area contributed by atoms with Crippen LogP contribution in [0.5, 0.6) is 11.5 Å². The van der Waals surface area contributed by atoms with Crippen LogP contribution in [0.1, 0.15) is 58.1 Å². The standard InChI is InChI=1S/C26H39ClFNO4SSi/c1-25(2,3)35(7,8)33-16-18(15-26(4,5)34(29)30)22-13-19(28)14-24(27)23(22)17-32-21-11-9-20(31-6)10-12-21/h9-14,18H,15-17,29H2,1-8H3/t18-,34?/m0/s1. The van der Waals surface area contributed by atoms with Crippen LogP contribution in [0, 0.1) is 5.82 Å². The van der Waals surface area contributed by atoms with Gasteiger partial charge in [0.1, 0.15) is 23.9 Å². The largest absolute Gasteiger partial charge is 0.497 e. The van der Waals surface area contributed by atoms with E-state index >= 15 is 0 Å². The minimum absolute atomic E-state index is 0.00362. The van der Waals surface area contributed by atoms with Crippen LogP contribution in [-0.2, 0) is 22.0 Å². The SMILES string of the molecule is COc1ccc(OCc2c(Cl)cc(F)cc2[C@H](CO[Si](C)(C)C(C)(C)C)CC(C)(C)S(N)=O)cc1. The first-order chi connectivity index (χ1) is 16.1. The maximum atomic E-state index is 14.6. The van der Waals surface area contributed by atoms with Crippen molar-refractivity contribution in [1.82, 2.24) is 0 Å². The van der Waals surface area contributed by atoms with E-state index in [1.807, 2.05) is 13.8 Å². The number of nitrogens with two attached hydrogens (primary N) is 1. The van der Waals surface area contributed by atoms with E-state index in [0.29, 0.717) is 29.9 Å². The molecule has 0 aromatic heterocycles. The second-order valence-electron chi connectivity index (χ2n) is 10.9. The Labute approximate surface area is 218 Å². The zero-order chi connectivity index (χ0) is 26.6. The molecule has 2 N–H and O–H groups in total. The van der Waals surface area contributed by atoms with Gasteiger partial charge in [0, 0.05) is 18.1 Å². The van der Waals surface area contributed by atoms with Crippen molar-refractivity contribution in [2.24, 2.45) is 5.14 Å². The van der Waals surface area contributed by atoms with Gasteiger partial charge >= 0.3 is 0 Å². The van der Waals surface area contributed by atoms with Crippen molar-refractivity contribution >= 4 is 30.9 Å². The molecule has 0 spiro atoms. The van der Waals surface area contributed by atoms with Gasteiger partial charge in [-0.3, -0.25) is 5.14 Å². The van der Waals surface area contributed by atoms with Crippen LogP contribution >= 0.6 is 11.6 Å². The van der Waals surface area contributed by atoms with Crippen molar-refractivity contribution in [2.75, 3.05) is 13.7 Å². The Morgan fingerprint density at radius 1 is 1.09 bits per heavy atom. The van der Waals surface area contributed by atoms with E-state index in [4.69, 9.17) is 30.6 Å². The molecule has 0 fully saturated rings. The normalized spacial score (nSPS) is 14.5. The first-order valence-electron chi connectivity index (χ1n) is 11.6. The maximum Gasteiger partial charge on any atom is 0.192 e. The molecular weight excluding hydrogens is 505 g/mol. The van der Waals surface area contributed by atoms with Crippen LogP contribution in [0.4, 0.5) is 4.39 Å². The molecule has 0 bridgehead atoms. The smallest absolute Gasteiger partial charge is 0.192 e. The molecule has 0 saturated carbocycles. The summed E-state index contributed by atoms with van der Waals surface area (Å²) in [5.74, 6) is 0.629. The average Bonchev–Trinajstić information content (AvgIpc) is 2.75. The molecule has 0 radical (unpaired) electrons. The molecule has 2 rings (SSSR count). The lowest BCUT2D eigenvalue weighted by Gasteiger charge is -2.38. The lowest BCUT2D eigenvalue weighted by atomic mass is 9.87. The second-order valence-corrected chi connectivity index (χ2v) is 17.9. The lowest BCUT2D eigenvalue weighted by Crippen LogP contribution is -2.42. The van der Waals surface area contributed by atoms with E-state index in [1.165, 1.54) is 12.1 Å². The summed E-state index contributed by atoms with van der Waals surface area (Å²) in [5, 5.41) is 6.09. The van der Waals surface area contributed by atoms with E-state index in [2.05, 4.69) is 33.9 Å². The van der Waals surface area contributed by atoms with Gasteiger partial charge in [-0.05, 0) is 80.4 Å². The monoisotopic (exact) mass is 543 g/mol. The summed E-state index contributed by atoms with van der Waals surface area (Å²) in [6.07, 6.45) is 0.431. The minimum atomic E-state index is -2.10. The summed E-state index contributed by atoms with van der Waals surface area (Å²) in [4.78, 5) is 0. The highest BCUT2D eigenvalue weighted by Gasteiger charge is 2.39. The summed E-state index contributed by atoms with van der Waals surface area (Å²) < 4.78 is 43.9. The van der Waals surface area contributed by atoms with Crippen LogP contribution in [0.25, 0.3) is 0 Å². The van der Waals surface area contributed by atoms with E-state index in [-0.39, 0.29) is 22.6 Å². The van der Waals surface area contributed by atoms with Gasteiger partial charge in [-0.15, -0.1) is 0 Å². The zero-order valence-corrected chi connectivity index (χ0v) is 24.6. The van der Waals surface area contributed by atoms with Crippen molar-refractivity contribution in [1.29, 1.82) is 0 Å². The molecule has 2 aromatic carbocycles. The molecule has 2 aromatic rings. The van der Waals surface area contributed by atoms with Gasteiger partial charge in [0.05, 0.1) is 27.9 Å². The predicted molar refractivity (Wildman–Crippen MR) is 146 cm³/mol. The number of hydrogen-bond donors (Lipinski definition) is 1. The lowest BCUT2D eigenvalue weighted by molar-refractivity contribution is 0.247. The molecule has 0 aliphatic carbocycles. The first-order valence-corrected chi connectivity index (χ1v) is 16.1. The Balaban J connectivity index is 2.45. The summed E-state index contributed by atoms with van der Waals surface area (Å²) in [5.41, 5.74) is 1.35. The quantitative estimate of drug-likeness (QED) is 0.311. The van der Waals surface area contributed by atoms with Gasteiger partial charge in [0.15, 0.2) is 8.32 Å². The number of halogens is 2. The van der Waals surface area contributed by atoms with Crippen LogP contribution in [0.2, 0.25) is 23.2 Å². The van der Waals surface area contributed by atoms with Crippen molar-refractivity contribution in [3.8, 4) is 11.5 Å². The molecule has 35 heavy (non-hydrogen) atoms. The first kappa shape index (κ1) is 29.8. The zero-order valence-electron chi connectivity index (χ0n) is 22.0. The highest BCUT2D eigenvalue weighted by atomic mass is 35.5. The number of benzene rings is 2. The number of ether oxygens (including phenoxy) is 2. The second kappa shape index (κ2) is 11.7. The van der Waals surface area contributed by atoms with Crippen LogP contribution in [0.15, 0.2) is 36.4 Å². The average molecular weight is 544 g/mol. The van der Waals surface area contributed by atoms with E-state index in [0.717, 1.165) is 5.75 Å². The third-order valence-electron chi connectivity index (χ3n) is 6.81. The van der Waals surface area contributed by atoms with Crippen molar-refractivity contribution in [3.63, 3.8) is 0 Å². The number of methoxy groups -OCH3 is 1. The summed E-state index contributed by atoms with van der Waals surface area (Å²) in [6, 6.07) is 9.97. The third kappa shape index (κ3) is 8.02. The summed E-state index contributed by atoms with van der Waals surface area (Å²) in [6.45, 7) is 15.0. The van der Waals surface area contributed by atoms with Gasteiger partial charge in [-0.25, -0.2) is 8.60 Å². The molecule has 9 heteroatoms. The van der Waals surface area contributed by atoms with Crippen molar-refractivity contribution in [2.45, 2.75) is 76.4 Å². The molecule has 2 atom stereocenters. The van der Waals surface area contributed by atoms with Gasteiger partial charge in [-0.2, -0.15) is 0 Å². The highest BCUT2D eigenvalue weighted by molar-refractivity contribution is 7.84. The van der Waals surface area contributed by atoms with E-state index < -0.39 is 29.9 Å². The third-order valence-corrected chi connectivity index (χ3v) is 12.9. The molecule has 0 aliphatic heterocycles. The Bertz CT molecular complexity index is 1030. The Morgan fingerprint density at radius 2 is 1.66 bits per heavy atom.